The van der Waals surface area contributed by atoms with Crippen LogP contribution in [-0.4, -0.2) is 11.9 Å². The van der Waals surface area contributed by atoms with Gasteiger partial charge < -0.3 is 4.74 Å². The number of unbranched alkanes of at least 4 members (excludes halogenated alkanes) is 1. The monoisotopic (exact) mass is 206 g/mol. The Morgan fingerprint density at radius 2 is 2.07 bits per heavy atom. The van der Waals surface area contributed by atoms with Crippen LogP contribution < -0.4 is 0 Å². The van der Waals surface area contributed by atoms with Gasteiger partial charge in [-0.1, -0.05) is 43.7 Å². The van der Waals surface area contributed by atoms with Crippen LogP contribution in [0.3, 0.4) is 0 Å². The first-order valence-corrected chi connectivity index (χ1v) is 5.56. The number of Topliss-reactive ketones (excluding diaryl/α,β-unsaturated/α-hetero) is 1. The van der Waals surface area contributed by atoms with Crippen molar-refractivity contribution in [1.82, 2.24) is 0 Å². The Morgan fingerprint density at radius 3 is 2.73 bits per heavy atom. The van der Waals surface area contributed by atoms with Crippen LogP contribution in [0.25, 0.3) is 0 Å². The van der Waals surface area contributed by atoms with Gasteiger partial charge in [0.15, 0.2) is 5.78 Å². The Bertz CT molecular complexity index is 332. The number of hydrogen-bond acceptors (Lipinski definition) is 2. The first-order valence-electron chi connectivity index (χ1n) is 5.56. The van der Waals surface area contributed by atoms with Crippen LogP contribution in [0.1, 0.15) is 37.9 Å². The molecule has 1 aromatic carbocycles. The van der Waals surface area contributed by atoms with Crippen LogP contribution in [-0.2, 0) is 9.53 Å². The molecule has 0 aliphatic carbocycles. The Hall–Kier alpha value is -1.15. The molecule has 1 fully saturated rings. The van der Waals surface area contributed by atoms with Gasteiger partial charge in [-0.2, -0.15) is 0 Å². The third-order valence-corrected chi connectivity index (χ3v) is 2.71. The van der Waals surface area contributed by atoms with E-state index in [-0.39, 0.29) is 18.0 Å². The molecule has 2 heteroatoms. The molecule has 0 bridgehead atoms. The molecule has 1 aliphatic heterocycles. The maximum Gasteiger partial charge on any atom is 0.164 e. The van der Waals surface area contributed by atoms with Crippen molar-refractivity contribution in [3.05, 3.63) is 35.9 Å². The van der Waals surface area contributed by atoms with E-state index in [4.69, 9.17) is 4.74 Å². The van der Waals surface area contributed by atoms with E-state index >= 15 is 0 Å². The highest BCUT2D eigenvalue weighted by Crippen LogP contribution is 2.39. The predicted molar refractivity (Wildman–Crippen MR) is 58.6 cm³/mol. The number of benzene rings is 1. The van der Waals surface area contributed by atoms with Crippen molar-refractivity contribution < 1.29 is 9.53 Å². The summed E-state index contributed by atoms with van der Waals surface area (Å²) >= 11 is 0. The van der Waals surface area contributed by atoms with Crippen LogP contribution in [0, 0.1) is 0 Å². The summed E-state index contributed by atoms with van der Waals surface area (Å²) < 4.78 is 5.41. The van der Waals surface area contributed by atoms with Crippen molar-refractivity contribution in [2.75, 3.05) is 0 Å². The molecule has 0 aromatic heterocycles. The molecule has 2 nitrogen and oxygen atoms in total. The average molecular weight is 206 g/mol. The summed E-state index contributed by atoms with van der Waals surface area (Å²) in [6.07, 6.45) is 2.55. The van der Waals surface area contributed by atoms with Crippen molar-refractivity contribution in [3.8, 4) is 0 Å². The normalized spacial score (nSPS) is 23.8. The molecular formula is C13H16O2. The van der Waals surface area contributed by atoms with Crippen LogP contribution in [0.2, 0.25) is 0 Å². The van der Waals surface area contributed by atoms with Crippen molar-refractivity contribution in [1.29, 1.82) is 0 Å². The number of hydrogen-bond donors (Lipinski definition) is 0. The third kappa shape index (κ3) is 2.45. The topological polar surface area (TPSA) is 29.6 Å². The molecule has 0 radical (unpaired) electrons. The zero-order valence-electron chi connectivity index (χ0n) is 8.98. The minimum absolute atomic E-state index is 0.0237. The van der Waals surface area contributed by atoms with Crippen molar-refractivity contribution in [2.45, 2.75) is 38.4 Å². The number of rotatable bonds is 5. The van der Waals surface area contributed by atoms with Crippen molar-refractivity contribution in [3.63, 3.8) is 0 Å². The summed E-state index contributed by atoms with van der Waals surface area (Å²) in [4.78, 5) is 11.6. The highest BCUT2D eigenvalue weighted by molar-refractivity contribution is 5.86. The minimum atomic E-state index is -0.168. The molecule has 1 heterocycles. The lowest BCUT2D eigenvalue weighted by Crippen LogP contribution is -2.06. The molecule has 1 aliphatic rings. The van der Waals surface area contributed by atoms with E-state index < -0.39 is 0 Å². The smallest absolute Gasteiger partial charge is 0.164 e. The van der Waals surface area contributed by atoms with Gasteiger partial charge >= 0.3 is 0 Å². The van der Waals surface area contributed by atoms with Gasteiger partial charge in [-0.3, -0.25) is 4.79 Å². The standard InChI is InChI=1S/C13H16O2/c1-2-3-9-11(14)13-12(15-13)10-7-5-4-6-8-10/h4-8,12-13H,2-3,9H2,1H3/t12-,13-/m1/s1/i15+2. The lowest BCUT2D eigenvalue weighted by molar-refractivity contribution is -0.120. The molecule has 0 saturated carbocycles. The predicted octanol–water partition coefficient (Wildman–Crippen LogP) is 2.89. The fraction of sp³-hybridized carbons (Fsp3) is 0.462. The fourth-order valence-corrected chi connectivity index (χ4v) is 1.75. The summed E-state index contributed by atoms with van der Waals surface area (Å²) in [5.74, 6) is 0.255. The van der Waals surface area contributed by atoms with Gasteiger partial charge in [0.1, 0.15) is 12.2 Å². The lowest BCUT2D eigenvalue weighted by Gasteiger charge is -1.95. The summed E-state index contributed by atoms with van der Waals surface area (Å²) in [5.41, 5.74) is 1.12. The molecule has 80 valence electrons. The quantitative estimate of drug-likeness (QED) is 0.547. The summed E-state index contributed by atoms with van der Waals surface area (Å²) in [7, 11) is 0. The van der Waals surface area contributed by atoms with Gasteiger partial charge in [-0.15, -0.1) is 0 Å². The number of ketones is 1. The molecule has 15 heavy (non-hydrogen) atoms. The SMILES string of the molecule is CCCCC(=O)[C@H]1[18O][C@@H]1c1ccccc1. The zero-order chi connectivity index (χ0) is 10.7. The second kappa shape index (κ2) is 4.58. The van der Waals surface area contributed by atoms with Crippen LogP contribution in [0.4, 0.5) is 0 Å². The lowest BCUT2D eigenvalue weighted by atomic mass is 10.0. The molecular weight excluding hydrogens is 190 g/mol. The number of carbonyl (C=O) groups is 1. The van der Waals surface area contributed by atoms with Crippen molar-refractivity contribution >= 4 is 5.78 Å². The largest absolute Gasteiger partial charge is 0.356 e. The Labute approximate surface area is 90.3 Å². The van der Waals surface area contributed by atoms with E-state index in [0.717, 1.165) is 18.4 Å². The van der Waals surface area contributed by atoms with Crippen molar-refractivity contribution in [2.24, 2.45) is 0 Å². The Balaban J connectivity index is 1.88. The summed E-state index contributed by atoms with van der Waals surface area (Å²) in [5, 5.41) is 0. The van der Waals surface area contributed by atoms with Gasteiger partial charge in [-0.25, -0.2) is 0 Å². The summed E-state index contributed by atoms with van der Waals surface area (Å²) in [6, 6.07) is 9.95. The molecule has 1 aromatic rings. The first-order chi connectivity index (χ1) is 7.33. The Kier molecular flexibility index (Phi) is 3.17. The molecule has 0 unspecified atom stereocenters. The zero-order valence-corrected chi connectivity index (χ0v) is 8.98. The first kappa shape index (κ1) is 10.4. The highest BCUT2D eigenvalue weighted by Gasteiger charge is 2.44. The van der Waals surface area contributed by atoms with Crippen LogP contribution in [0.15, 0.2) is 30.3 Å². The Morgan fingerprint density at radius 1 is 1.33 bits per heavy atom. The van der Waals surface area contributed by atoms with Gasteiger partial charge in [-0.05, 0) is 12.0 Å². The molecule has 0 spiro atoms. The second-order valence-electron chi connectivity index (χ2n) is 3.96. The third-order valence-electron chi connectivity index (χ3n) is 2.71. The molecule has 1 saturated heterocycles. The van der Waals surface area contributed by atoms with E-state index in [1.165, 1.54) is 0 Å². The van der Waals surface area contributed by atoms with E-state index in [1.807, 2.05) is 30.3 Å². The van der Waals surface area contributed by atoms with Gasteiger partial charge in [0, 0.05) is 6.42 Å². The minimum Gasteiger partial charge on any atom is -0.356 e. The van der Waals surface area contributed by atoms with Gasteiger partial charge in [0.05, 0.1) is 0 Å². The maximum atomic E-state index is 11.6. The summed E-state index contributed by atoms with van der Waals surface area (Å²) in [6.45, 7) is 2.09. The van der Waals surface area contributed by atoms with E-state index in [0.29, 0.717) is 6.42 Å². The van der Waals surface area contributed by atoms with E-state index in [9.17, 15) is 4.79 Å². The molecule has 0 N–H and O–H groups in total. The number of ether oxygens (including phenoxy) is 1. The second-order valence-corrected chi connectivity index (χ2v) is 3.96. The van der Waals surface area contributed by atoms with E-state index in [2.05, 4.69) is 6.92 Å². The van der Waals surface area contributed by atoms with Gasteiger partial charge in [0.2, 0.25) is 0 Å². The average Bonchev–Trinajstić information content (AvgIpc) is 3.07. The van der Waals surface area contributed by atoms with E-state index in [1.54, 1.807) is 0 Å². The molecule has 2 atom stereocenters. The number of carbonyl (C=O) groups excluding carboxylic acids is 1. The molecule has 0 amide bonds. The fourth-order valence-electron chi connectivity index (χ4n) is 1.75. The van der Waals surface area contributed by atoms with Crippen LogP contribution in [0.5, 0.6) is 0 Å². The molecule has 2 rings (SSSR count). The highest BCUT2D eigenvalue weighted by atomic mass is 18.4. The number of epoxide rings is 1. The van der Waals surface area contributed by atoms with Crippen LogP contribution >= 0.6 is 0 Å². The van der Waals surface area contributed by atoms with Gasteiger partial charge in [0.25, 0.3) is 0 Å². The maximum absolute atomic E-state index is 11.6.